The maximum atomic E-state index is 3.47. The van der Waals surface area contributed by atoms with Crippen molar-refractivity contribution in [2.45, 2.75) is 52.6 Å². The Balaban J connectivity index is 2.83. The molecule has 0 saturated carbocycles. The molecule has 1 aromatic carbocycles. The van der Waals surface area contributed by atoms with Crippen molar-refractivity contribution in [3.63, 3.8) is 0 Å². The van der Waals surface area contributed by atoms with Gasteiger partial charge in [-0.15, -0.1) is 0 Å². The molecule has 108 valence electrons. The van der Waals surface area contributed by atoms with E-state index in [4.69, 9.17) is 0 Å². The lowest BCUT2D eigenvalue weighted by Crippen LogP contribution is -2.37. The molecule has 0 saturated heterocycles. The lowest BCUT2D eigenvalue weighted by molar-refractivity contribution is 0.208. The van der Waals surface area contributed by atoms with Gasteiger partial charge in [-0.25, -0.2) is 0 Å². The van der Waals surface area contributed by atoms with Gasteiger partial charge in [0.05, 0.1) is 0 Å². The van der Waals surface area contributed by atoms with Crippen LogP contribution in [-0.4, -0.2) is 31.6 Å². The third-order valence-electron chi connectivity index (χ3n) is 4.19. The van der Waals surface area contributed by atoms with E-state index in [9.17, 15) is 0 Å². The first-order valence-electron chi connectivity index (χ1n) is 7.48. The molecule has 0 aliphatic carbocycles. The molecule has 2 heteroatoms. The second kappa shape index (κ2) is 7.66. The summed E-state index contributed by atoms with van der Waals surface area (Å²) in [4.78, 5) is 2.49. The molecule has 1 N–H and O–H groups in total. The number of hydrogen-bond donors (Lipinski definition) is 1. The van der Waals surface area contributed by atoms with Crippen molar-refractivity contribution < 1.29 is 0 Å². The van der Waals surface area contributed by atoms with E-state index >= 15 is 0 Å². The van der Waals surface area contributed by atoms with Crippen molar-refractivity contribution in [2.24, 2.45) is 0 Å². The predicted octanol–water partition coefficient (Wildman–Crippen LogP) is 3.68. The number of nitrogens with zero attached hydrogens (tertiary/aromatic N) is 1. The molecule has 19 heavy (non-hydrogen) atoms. The van der Waals surface area contributed by atoms with Gasteiger partial charge >= 0.3 is 0 Å². The van der Waals surface area contributed by atoms with E-state index in [2.05, 4.69) is 70.2 Å². The van der Waals surface area contributed by atoms with Gasteiger partial charge in [0.2, 0.25) is 0 Å². The summed E-state index contributed by atoms with van der Waals surface area (Å²) in [6.07, 6.45) is 2.44. The van der Waals surface area contributed by atoms with Crippen LogP contribution in [0.5, 0.6) is 0 Å². The minimum absolute atomic E-state index is 0.409. The first kappa shape index (κ1) is 16.2. The first-order valence-corrected chi connectivity index (χ1v) is 7.48. The van der Waals surface area contributed by atoms with E-state index in [1.807, 2.05) is 0 Å². The van der Waals surface area contributed by atoms with Gasteiger partial charge < -0.3 is 10.2 Å². The Morgan fingerprint density at radius 2 is 1.79 bits per heavy atom. The summed E-state index contributed by atoms with van der Waals surface area (Å²) >= 11 is 0. The number of aryl methyl sites for hydroxylation is 2. The predicted molar refractivity (Wildman–Crippen MR) is 84.7 cm³/mol. The Morgan fingerprint density at radius 3 is 2.26 bits per heavy atom. The number of nitrogens with one attached hydrogen (secondary N) is 1. The standard InChI is InChI=1S/C17H30N2/c1-7-15(8-2)19(6)12-17(18-5)16-10-9-13(3)11-14(16)4/h9-11,15,17-18H,7-8,12H2,1-6H3. The van der Waals surface area contributed by atoms with Crippen molar-refractivity contribution in [1.29, 1.82) is 0 Å². The molecule has 1 rings (SSSR count). The minimum Gasteiger partial charge on any atom is -0.312 e. The van der Waals surface area contributed by atoms with Crippen molar-refractivity contribution in [3.05, 3.63) is 34.9 Å². The molecule has 0 heterocycles. The Kier molecular flexibility index (Phi) is 6.53. The monoisotopic (exact) mass is 262 g/mol. The van der Waals surface area contributed by atoms with Crippen molar-refractivity contribution in [3.8, 4) is 0 Å². The average Bonchev–Trinajstić information content (AvgIpc) is 2.38. The first-order chi connectivity index (χ1) is 9.03. The van der Waals surface area contributed by atoms with Gasteiger partial charge in [0.25, 0.3) is 0 Å². The van der Waals surface area contributed by atoms with E-state index < -0.39 is 0 Å². The zero-order valence-electron chi connectivity index (χ0n) is 13.5. The second-order valence-corrected chi connectivity index (χ2v) is 5.61. The van der Waals surface area contributed by atoms with E-state index in [0.717, 1.165) is 6.54 Å². The third-order valence-corrected chi connectivity index (χ3v) is 4.19. The summed E-state index contributed by atoms with van der Waals surface area (Å²) in [6.45, 7) is 9.98. The summed E-state index contributed by atoms with van der Waals surface area (Å²) in [5, 5.41) is 3.47. The molecule has 0 spiro atoms. The summed E-state index contributed by atoms with van der Waals surface area (Å²) in [7, 11) is 4.30. The number of rotatable bonds is 7. The number of benzene rings is 1. The second-order valence-electron chi connectivity index (χ2n) is 5.61. The van der Waals surface area contributed by atoms with Crippen LogP contribution in [0.1, 0.15) is 49.4 Å². The van der Waals surface area contributed by atoms with Crippen LogP contribution in [-0.2, 0) is 0 Å². The molecule has 0 aliphatic rings. The van der Waals surface area contributed by atoms with Gasteiger partial charge in [0, 0.05) is 18.6 Å². The number of likely N-dealkylation sites (N-methyl/N-ethyl adjacent to an activating group) is 2. The lowest BCUT2D eigenvalue weighted by Gasteiger charge is -2.31. The maximum Gasteiger partial charge on any atom is 0.0449 e. The highest BCUT2D eigenvalue weighted by Crippen LogP contribution is 2.21. The quantitative estimate of drug-likeness (QED) is 0.806. The summed E-state index contributed by atoms with van der Waals surface area (Å²) in [6, 6.07) is 7.85. The average molecular weight is 262 g/mol. The molecule has 1 atom stereocenters. The fraction of sp³-hybridized carbons (Fsp3) is 0.647. The van der Waals surface area contributed by atoms with Crippen LogP contribution in [0, 0.1) is 13.8 Å². The zero-order valence-corrected chi connectivity index (χ0v) is 13.5. The molecule has 1 unspecified atom stereocenters. The Morgan fingerprint density at radius 1 is 1.16 bits per heavy atom. The molecule has 0 fully saturated rings. The van der Waals surface area contributed by atoms with Gasteiger partial charge in [-0.3, -0.25) is 0 Å². The largest absolute Gasteiger partial charge is 0.312 e. The van der Waals surface area contributed by atoms with E-state index in [-0.39, 0.29) is 0 Å². The highest BCUT2D eigenvalue weighted by molar-refractivity contribution is 5.33. The van der Waals surface area contributed by atoms with E-state index in [0.29, 0.717) is 12.1 Å². The van der Waals surface area contributed by atoms with Crippen molar-refractivity contribution in [2.75, 3.05) is 20.6 Å². The molecular formula is C17H30N2. The van der Waals surface area contributed by atoms with Crippen LogP contribution in [0.2, 0.25) is 0 Å². The Labute approximate surface area is 119 Å². The molecule has 0 aliphatic heterocycles. The van der Waals surface area contributed by atoms with Gasteiger partial charge in [-0.05, 0) is 51.9 Å². The Hall–Kier alpha value is -0.860. The molecule has 0 radical (unpaired) electrons. The maximum absolute atomic E-state index is 3.47. The molecule has 1 aromatic rings. The lowest BCUT2D eigenvalue weighted by atomic mass is 9.98. The van der Waals surface area contributed by atoms with Crippen LogP contribution in [0.3, 0.4) is 0 Å². The van der Waals surface area contributed by atoms with E-state index in [1.54, 1.807) is 0 Å². The highest BCUT2D eigenvalue weighted by atomic mass is 15.1. The van der Waals surface area contributed by atoms with Crippen molar-refractivity contribution in [1.82, 2.24) is 10.2 Å². The van der Waals surface area contributed by atoms with Gasteiger partial charge in [0.15, 0.2) is 0 Å². The van der Waals surface area contributed by atoms with Gasteiger partial charge in [-0.2, -0.15) is 0 Å². The topological polar surface area (TPSA) is 15.3 Å². The number of hydrogen-bond acceptors (Lipinski definition) is 2. The van der Waals surface area contributed by atoms with Crippen LogP contribution in [0.25, 0.3) is 0 Å². The normalized spacial score (nSPS) is 13.3. The zero-order chi connectivity index (χ0) is 14.4. The van der Waals surface area contributed by atoms with Gasteiger partial charge in [0.1, 0.15) is 0 Å². The Bertz CT molecular complexity index is 383. The molecular weight excluding hydrogens is 232 g/mol. The van der Waals surface area contributed by atoms with Crippen LogP contribution >= 0.6 is 0 Å². The van der Waals surface area contributed by atoms with Crippen LogP contribution < -0.4 is 5.32 Å². The van der Waals surface area contributed by atoms with Crippen LogP contribution in [0.15, 0.2) is 18.2 Å². The molecule has 0 aromatic heterocycles. The van der Waals surface area contributed by atoms with Crippen molar-refractivity contribution >= 4 is 0 Å². The SMILES string of the molecule is CCC(CC)N(C)CC(NC)c1ccc(C)cc1C. The summed E-state index contributed by atoms with van der Waals surface area (Å²) in [5.41, 5.74) is 4.15. The molecule has 0 amide bonds. The summed E-state index contributed by atoms with van der Waals surface area (Å²) < 4.78 is 0. The smallest absolute Gasteiger partial charge is 0.0449 e. The highest BCUT2D eigenvalue weighted by Gasteiger charge is 2.17. The minimum atomic E-state index is 0.409. The fourth-order valence-electron chi connectivity index (χ4n) is 2.91. The third kappa shape index (κ3) is 4.32. The fourth-order valence-corrected chi connectivity index (χ4v) is 2.91. The molecule has 2 nitrogen and oxygen atoms in total. The summed E-state index contributed by atoms with van der Waals surface area (Å²) in [5.74, 6) is 0. The molecule has 0 bridgehead atoms. The van der Waals surface area contributed by atoms with E-state index in [1.165, 1.54) is 29.5 Å². The van der Waals surface area contributed by atoms with Crippen LogP contribution in [0.4, 0.5) is 0 Å². The van der Waals surface area contributed by atoms with Gasteiger partial charge in [-0.1, -0.05) is 37.6 Å².